The standard InChI is InChI=1S/C3H8.C2H4.CH2O3/c1-3-2;1-2;2-1(3)4/h3H2,1-2H3;1-2H2;(H2,2,3,4). The Labute approximate surface area is 55.6 Å². The smallest absolute Gasteiger partial charge is 0.450 e. The van der Waals surface area contributed by atoms with Crippen molar-refractivity contribution in [1.82, 2.24) is 0 Å². The molecule has 0 radical (unpaired) electrons. The lowest BCUT2D eigenvalue weighted by molar-refractivity contribution is 0.137. The first-order valence-electron chi connectivity index (χ1n) is 2.57. The SMILES string of the molecule is C=C.CCC.O=C(O)O. The van der Waals surface area contributed by atoms with Crippen molar-refractivity contribution in [2.24, 2.45) is 0 Å². The molecule has 0 atom stereocenters. The van der Waals surface area contributed by atoms with Crippen molar-refractivity contribution in [2.75, 3.05) is 0 Å². The predicted molar refractivity (Wildman–Crippen MR) is 37.9 cm³/mol. The van der Waals surface area contributed by atoms with Crippen LogP contribution in [-0.4, -0.2) is 16.4 Å². The quantitative estimate of drug-likeness (QED) is 0.500. The van der Waals surface area contributed by atoms with Gasteiger partial charge in [0.25, 0.3) is 0 Å². The fourth-order valence-corrected chi connectivity index (χ4v) is 0. The molecule has 0 saturated carbocycles. The lowest BCUT2D eigenvalue weighted by Crippen LogP contribution is -1.81. The second-order valence-electron chi connectivity index (χ2n) is 0.990. The highest BCUT2D eigenvalue weighted by molar-refractivity contribution is 5.53. The molecular weight excluding hydrogens is 120 g/mol. The lowest BCUT2D eigenvalue weighted by Gasteiger charge is -1.60. The van der Waals surface area contributed by atoms with Gasteiger partial charge in [0, 0.05) is 0 Å². The monoisotopic (exact) mass is 134 g/mol. The highest BCUT2D eigenvalue weighted by Crippen LogP contribution is 1.56. The number of hydrogen-bond acceptors (Lipinski definition) is 1. The van der Waals surface area contributed by atoms with E-state index in [1.54, 1.807) is 0 Å². The van der Waals surface area contributed by atoms with Crippen LogP contribution in [0.15, 0.2) is 13.2 Å². The van der Waals surface area contributed by atoms with Crippen molar-refractivity contribution >= 4 is 6.16 Å². The van der Waals surface area contributed by atoms with Crippen LogP contribution in [0.4, 0.5) is 4.79 Å². The van der Waals surface area contributed by atoms with Crippen molar-refractivity contribution in [3.05, 3.63) is 13.2 Å². The van der Waals surface area contributed by atoms with Crippen molar-refractivity contribution < 1.29 is 15.0 Å². The van der Waals surface area contributed by atoms with Crippen LogP contribution in [0.5, 0.6) is 0 Å². The Kier molecular flexibility index (Phi) is 48.7. The largest absolute Gasteiger partial charge is 0.503 e. The van der Waals surface area contributed by atoms with Gasteiger partial charge in [0.2, 0.25) is 0 Å². The summed E-state index contributed by atoms with van der Waals surface area (Å²) in [6.07, 6.45) is -0.583. The van der Waals surface area contributed by atoms with Crippen LogP contribution in [0.25, 0.3) is 0 Å². The first kappa shape index (κ1) is 15.7. The molecule has 3 heteroatoms. The summed E-state index contributed by atoms with van der Waals surface area (Å²) in [4.78, 5) is 8.56. The fraction of sp³-hybridized carbons (Fsp3) is 0.500. The second-order valence-corrected chi connectivity index (χ2v) is 0.990. The second kappa shape index (κ2) is 27.9. The highest BCUT2D eigenvalue weighted by Gasteiger charge is 1.70. The van der Waals surface area contributed by atoms with Crippen molar-refractivity contribution in [1.29, 1.82) is 0 Å². The predicted octanol–water partition coefficient (Wildman–Crippen LogP) is 2.44. The molecule has 56 valence electrons. The van der Waals surface area contributed by atoms with Gasteiger partial charge < -0.3 is 10.2 Å². The first-order valence-corrected chi connectivity index (χ1v) is 2.57. The third-order valence-corrected chi connectivity index (χ3v) is 0. The molecule has 9 heavy (non-hydrogen) atoms. The van der Waals surface area contributed by atoms with Gasteiger partial charge in [-0.15, -0.1) is 13.2 Å². The van der Waals surface area contributed by atoms with E-state index in [-0.39, 0.29) is 0 Å². The van der Waals surface area contributed by atoms with E-state index < -0.39 is 6.16 Å². The zero-order valence-corrected chi connectivity index (χ0v) is 5.92. The van der Waals surface area contributed by atoms with E-state index in [1.165, 1.54) is 6.42 Å². The summed E-state index contributed by atoms with van der Waals surface area (Å²) in [5.74, 6) is 0. The van der Waals surface area contributed by atoms with E-state index >= 15 is 0 Å². The van der Waals surface area contributed by atoms with Gasteiger partial charge in [-0.25, -0.2) is 4.79 Å². The maximum Gasteiger partial charge on any atom is 0.503 e. The lowest BCUT2D eigenvalue weighted by atomic mass is 10.6. The van der Waals surface area contributed by atoms with Gasteiger partial charge in [-0.05, 0) is 0 Å². The zero-order chi connectivity index (χ0) is 8.28. The Morgan fingerprint density at radius 3 is 1.33 bits per heavy atom. The molecule has 0 aliphatic heterocycles. The summed E-state index contributed by atoms with van der Waals surface area (Å²) >= 11 is 0. The van der Waals surface area contributed by atoms with E-state index in [2.05, 4.69) is 27.0 Å². The molecule has 0 amide bonds. The average molecular weight is 134 g/mol. The minimum absolute atomic E-state index is 1.25. The summed E-state index contributed by atoms with van der Waals surface area (Å²) in [6, 6.07) is 0. The summed E-state index contributed by atoms with van der Waals surface area (Å²) in [6.45, 7) is 10.2. The minimum Gasteiger partial charge on any atom is -0.450 e. The van der Waals surface area contributed by atoms with Crippen LogP contribution in [0.1, 0.15) is 20.3 Å². The molecule has 0 aromatic heterocycles. The van der Waals surface area contributed by atoms with Gasteiger partial charge in [0.1, 0.15) is 0 Å². The van der Waals surface area contributed by atoms with Crippen molar-refractivity contribution in [2.45, 2.75) is 20.3 Å². The molecule has 0 saturated heterocycles. The molecule has 0 aliphatic rings. The molecule has 0 aromatic carbocycles. The highest BCUT2D eigenvalue weighted by atomic mass is 16.6. The Balaban J connectivity index is -0.0000000646. The van der Waals surface area contributed by atoms with E-state index in [1.807, 2.05) is 0 Å². The molecule has 0 fully saturated rings. The van der Waals surface area contributed by atoms with Gasteiger partial charge in [-0.3, -0.25) is 0 Å². The summed E-state index contributed by atoms with van der Waals surface area (Å²) in [7, 11) is 0. The molecule has 2 N–H and O–H groups in total. The van der Waals surface area contributed by atoms with Crippen LogP contribution in [0.3, 0.4) is 0 Å². The molecule has 0 aromatic rings. The van der Waals surface area contributed by atoms with Crippen molar-refractivity contribution in [3.8, 4) is 0 Å². The minimum atomic E-state index is -1.83. The summed E-state index contributed by atoms with van der Waals surface area (Å²) < 4.78 is 0. The number of carboxylic acid groups (broad SMARTS) is 2. The Hall–Kier alpha value is -0.990. The van der Waals surface area contributed by atoms with Crippen LogP contribution >= 0.6 is 0 Å². The Bertz CT molecular complexity index is 48.3. The van der Waals surface area contributed by atoms with E-state index in [0.717, 1.165) is 0 Å². The first-order chi connectivity index (χ1) is 4.15. The number of rotatable bonds is 0. The maximum atomic E-state index is 8.56. The number of carbonyl (C=O) groups is 1. The average Bonchev–Trinajstić information content (AvgIpc) is 1.71. The van der Waals surface area contributed by atoms with Gasteiger partial charge in [-0.1, -0.05) is 20.3 Å². The molecule has 0 spiro atoms. The van der Waals surface area contributed by atoms with E-state index in [4.69, 9.17) is 15.0 Å². The normalized spacial score (nSPS) is 5.11. The van der Waals surface area contributed by atoms with Crippen LogP contribution < -0.4 is 0 Å². The fourth-order valence-electron chi connectivity index (χ4n) is 0. The molecule has 0 aliphatic carbocycles. The molecule has 3 nitrogen and oxygen atoms in total. The van der Waals surface area contributed by atoms with Crippen LogP contribution in [0, 0.1) is 0 Å². The molecule has 0 heterocycles. The third-order valence-electron chi connectivity index (χ3n) is 0. The zero-order valence-electron chi connectivity index (χ0n) is 5.92. The summed E-state index contributed by atoms with van der Waals surface area (Å²) in [5, 5.41) is 13.9. The Morgan fingerprint density at radius 1 is 1.33 bits per heavy atom. The molecular formula is C6H14O3. The van der Waals surface area contributed by atoms with Crippen molar-refractivity contribution in [3.63, 3.8) is 0 Å². The van der Waals surface area contributed by atoms with Gasteiger partial charge in [-0.2, -0.15) is 0 Å². The molecule has 0 unspecified atom stereocenters. The van der Waals surface area contributed by atoms with Gasteiger partial charge in [0.05, 0.1) is 0 Å². The van der Waals surface area contributed by atoms with E-state index in [9.17, 15) is 0 Å². The van der Waals surface area contributed by atoms with Crippen LogP contribution in [0.2, 0.25) is 0 Å². The van der Waals surface area contributed by atoms with Gasteiger partial charge in [0.15, 0.2) is 0 Å². The Morgan fingerprint density at radius 2 is 1.33 bits per heavy atom. The summed E-state index contributed by atoms with van der Waals surface area (Å²) in [5.41, 5.74) is 0. The molecule has 0 rings (SSSR count). The number of hydrogen-bond donors (Lipinski definition) is 2. The van der Waals surface area contributed by atoms with E-state index in [0.29, 0.717) is 0 Å². The maximum absolute atomic E-state index is 8.56. The third kappa shape index (κ3) is 180. The molecule has 0 bridgehead atoms. The van der Waals surface area contributed by atoms with Gasteiger partial charge >= 0.3 is 6.16 Å². The van der Waals surface area contributed by atoms with Crippen LogP contribution in [-0.2, 0) is 0 Å². The topological polar surface area (TPSA) is 57.5 Å².